The summed E-state index contributed by atoms with van der Waals surface area (Å²) in [5.74, 6) is 0. The van der Waals surface area contributed by atoms with Gasteiger partial charge < -0.3 is 9.88 Å². The molecule has 0 spiro atoms. The lowest BCUT2D eigenvalue weighted by atomic mass is 9.57. The SMILES string of the molecule is CC(C)(C)c1ccc(Nc2cc3c(cc2-c2c4c(c5c6cc7c(cc6n6c5c2[B]c2cc5sc(-c8ccccc8)c(-c8ccccc8)c5cc2-6)C(C)(C)CCC7(C)C)C(C)(C)c2ccccc2-4)-c2ccccc2C3(C)C)cc1. The van der Waals surface area contributed by atoms with Crippen LogP contribution in [0, 0.1) is 0 Å². The molecule has 0 saturated heterocycles. The topological polar surface area (TPSA) is 17.0 Å². The van der Waals surface area contributed by atoms with Gasteiger partial charge in [0.15, 0.2) is 7.28 Å². The summed E-state index contributed by atoms with van der Waals surface area (Å²) >= 11 is 1.93. The number of nitrogens with zero attached hydrogens (tertiary/aromatic N) is 1. The van der Waals surface area contributed by atoms with Crippen LogP contribution in [-0.4, -0.2) is 11.8 Å². The van der Waals surface area contributed by atoms with Crippen molar-refractivity contribution in [2.75, 3.05) is 5.32 Å². The highest BCUT2D eigenvalue weighted by atomic mass is 32.1. The third-order valence-corrected chi connectivity index (χ3v) is 20.4. The van der Waals surface area contributed by atoms with Crippen molar-refractivity contribution in [2.45, 2.75) is 116 Å². The van der Waals surface area contributed by atoms with Crippen molar-refractivity contribution in [3.8, 4) is 60.6 Å². The molecule has 0 unspecified atom stereocenters. The first-order valence-corrected chi connectivity index (χ1v) is 29.2. The van der Waals surface area contributed by atoms with Crippen molar-refractivity contribution >= 4 is 72.8 Å². The van der Waals surface area contributed by atoms with E-state index in [9.17, 15) is 0 Å². The van der Waals surface area contributed by atoms with Crippen LogP contribution < -0.4 is 16.2 Å². The number of benzene rings is 9. The van der Waals surface area contributed by atoms with E-state index in [0.717, 1.165) is 24.2 Å². The lowest BCUT2D eigenvalue weighted by molar-refractivity contribution is 0.332. The lowest BCUT2D eigenvalue weighted by Gasteiger charge is -2.42. The Morgan fingerprint density at radius 1 is 0.513 bits per heavy atom. The summed E-state index contributed by atoms with van der Waals surface area (Å²) in [5.41, 5.74) is 29.8. The summed E-state index contributed by atoms with van der Waals surface area (Å²) in [6.45, 7) is 26.7. The molecule has 3 aliphatic carbocycles. The zero-order valence-corrected chi connectivity index (χ0v) is 47.8. The molecule has 3 heterocycles. The number of aromatic nitrogens is 1. The Morgan fingerprint density at radius 2 is 1.13 bits per heavy atom. The second kappa shape index (κ2) is 16.1. The van der Waals surface area contributed by atoms with E-state index in [4.69, 9.17) is 0 Å². The average Bonchev–Trinajstić information content (AvgIpc) is 3.15. The van der Waals surface area contributed by atoms with E-state index < -0.39 is 0 Å². The monoisotopic (exact) mass is 1030 g/mol. The predicted molar refractivity (Wildman–Crippen MR) is 336 cm³/mol. The van der Waals surface area contributed by atoms with Crippen LogP contribution in [-0.2, 0) is 27.1 Å². The van der Waals surface area contributed by atoms with Gasteiger partial charge in [0.05, 0.1) is 5.52 Å². The largest absolute Gasteiger partial charge is 0.355 e. The van der Waals surface area contributed by atoms with Crippen molar-refractivity contribution in [1.82, 2.24) is 4.57 Å². The molecule has 1 radical (unpaired) electrons. The first-order valence-electron chi connectivity index (χ1n) is 28.4. The minimum absolute atomic E-state index is 0.0212. The van der Waals surface area contributed by atoms with Crippen LogP contribution in [0.3, 0.4) is 0 Å². The minimum Gasteiger partial charge on any atom is -0.355 e. The third kappa shape index (κ3) is 6.62. The highest BCUT2D eigenvalue weighted by Gasteiger charge is 2.45. The molecule has 381 valence electrons. The summed E-state index contributed by atoms with van der Waals surface area (Å²) in [6.07, 6.45) is 2.31. The summed E-state index contributed by atoms with van der Waals surface area (Å²) < 4.78 is 4.04. The molecule has 15 rings (SSSR count). The van der Waals surface area contributed by atoms with Gasteiger partial charge in [0, 0.05) is 70.3 Å². The van der Waals surface area contributed by atoms with Crippen LogP contribution in [0.15, 0.2) is 170 Å². The van der Waals surface area contributed by atoms with Crippen molar-refractivity contribution < 1.29 is 0 Å². The number of anilines is 2. The zero-order chi connectivity index (χ0) is 53.6. The molecule has 0 bridgehead atoms. The van der Waals surface area contributed by atoms with Gasteiger partial charge in [-0.2, -0.15) is 0 Å². The average molecular weight is 1030 g/mol. The zero-order valence-electron chi connectivity index (χ0n) is 47.0. The van der Waals surface area contributed by atoms with E-state index in [-0.39, 0.29) is 27.1 Å². The van der Waals surface area contributed by atoms with Crippen LogP contribution in [0.5, 0.6) is 0 Å². The quantitative estimate of drug-likeness (QED) is 0.170. The molecule has 0 fully saturated rings. The molecule has 9 aromatic carbocycles. The fourth-order valence-electron chi connectivity index (χ4n) is 14.9. The van der Waals surface area contributed by atoms with E-state index in [1.807, 2.05) is 11.3 Å². The van der Waals surface area contributed by atoms with Crippen LogP contribution in [0.1, 0.15) is 128 Å². The minimum atomic E-state index is -0.312. The molecule has 0 amide bonds. The number of hydrogen-bond donors (Lipinski definition) is 1. The van der Waals surface area contributed by atoms with Crippen molar-refractivity contribution in [3.63, 3.8) is 0 Å². The van der Waals surface area contributed by atoms with Gasteiger partial charge >= 0.3 is 0 Å². The summed E-state index contributed by atoms with van der Waals surface area (Å²) in [6, 6.07) is 65.4. The molecule has 11 aromatic rings. The van der Waals surface area contributed by atoms with Gasteiger partial charge in [-0.15, -0.1) is 11.3 Å². The predicted octanol–water partition coefficient (Wildman–Crippen LogP) is 19.0. The van der Waals surface area contributed by atoms with E-state index in [1.165, 1.54) is 142 Å². The number of rotatable bonds is 5. The highest BCUT2D eigenvalue weighted by molar-refractivity contribution is 7.23. The fraction of sp³-hybridized carbons (Fsp3) is 0.243. The fourth-order valence-corrected chi connectivity index (χ4v) is 16.1. The molecular formula is C74H66BN2S. The Labute approximate surface area is 465 Å². The summed E-state index contributed by atoms with van der Waals surface area (Å²) in [7, 11) is 2.60. The molecule has 0 atom stereocenters. The maximum Gasteiger partial charge on any atom is 0.198 e. The maximum absolute atomic E-state index is 4.16. The van der Waals surface area contributed by atoms with E-state index >= 15 is 0 Å². The van der Waals surface area contributed by atoms with Crippen LogP contribution in [0.25, 0.3) is 92.5 Å². The van der Waals surface area contributed by atoms with Crippen LogP contribution in [0.2, 0.25) is 0 Å². The standard InChI is InChI=1S/C74H66BN2S/c1-70(2,3)44-30-32-45(33-31-44)76-58-39-54-48(46-26-18-20-28-52(46)73(54,8)9)36-49(58)64-63-47-27-19-21-29-53(47)74(10,11)66(63)65-50-37-55-56(72(6,7)35-34-71(55,4)5)40-59(50)77-60-38-51-61(41-57(60)75-67(64)68(65)77)78-69(43-24-16-13-17-25-43)62(51)42-22-14-12-15-23-42/h12-33,36-41,76H,34-35H2,1-11H3. The Bertz CT molecular complexity index is 4380. The Morgan fingerprint density at radius 3 is 1.81 bits per heavy atom. The molecule has 1 aliphatic heterocycles. The molecule has 78 heavy (non-hydrogen) atoms. The second-order valence-electron chi connectivity index (χ2n) is 26.6. The summed E-state index contributed by atoms with van der Waals surface area (Å²) in [4.78, 5) is 1.31. The molecule has 4 aliphatic rings. The first-order chi connectivity index (χ1) is 37.3. The smallest absolute Gasteiger partial charge is 0.198 e. The maximum atomic E-state index is 4.16. The van der Waals surface area contributed by atoms with Crippen molar-refractivity contribution in [1.29, 1.82) is 0 Å². The molecular weight excluding hydrogens is 960 g/mol. The molecule has 2 aromatic heterocycles. The van der Waals surface area contributed by atoms with Gasteiger partial charge in [-0.05, 0) is 161 Å². The highest BCUT2D eigenvalue weighted by Crippen LogP contribution is 2.60. The van der Waals surface area contributed by atoms with Crippen molar-refractivity contribution in [2.24, 2.45) is 0 Å². The Hall–Kier alpha value is -7.40. The number of fused-ring (bicyclic) bond motifs is 14. The van der Waals surface area contributed by atoms with Crippen LogP contribution >= 0.6 is 11.3 Å². The van der Waals surface area contributed by atoms with E-state index in [0.29, 0.717) is 0 Å². The van der Waals surface area contributed by atoms with Gasteiger partial charge in [-0.3, -0.25) is 0 Å². The third-order valence-electron chi connectivity index (χ3n) is 19.2. The number of thiophene rings is 1. The Balaban J connectivity index is 1.12. The first kappa shape index (κ1) is 47.8. The van der Waals surface area contributed by atoms with E-state index in [2.05, 4.69) is 263 Å². The summed E-state index contributed by atoms with van der Waals surface area (Å²) in [5, 5.41) is 8.21. The molecule has 0 saturated carbocycles. The number of hydrogen-bond acceptors (Lipinski definition) is 2. The lowest BCUT2D eigenvalue weighted by Crippen LogP contribution is -2.38. The van der Waals surface area contributed by atoms with Gasteiger partial charge in [0.2, 0.25) is 0 Å². The second-order valence-corrected chi connectivity index (χ2v) is 27.7. The number of nitrogens with one attached hydrogen (secondary N) is 1. The Kier molecular flexibility index (Phi) is 9.87. The normalized spacial score (nSPS) is 16.6. The molecule has 4 heteroatoms. The van der Waals surface area contributed by atoms with E-state index in [1.54, 1.807) is 0 Å². The van der Waals surface area contributed by atoms with Crippen LogP contribution in [0.4, 0.5) is 11.4 Å². The van der Waals surface area contributed by atoms with Gasteiger partial charge in [0.25, 0.3) is 0 Å². The molecule has 1 N–H and O–H groups in total. The van der Waals surface area contributed by atoms with Crippen molar-refractivity contribution in [3.05, 3.63) is 209 Å². The molecule has 2 nitrogen and oxygen atoms in total. The van der Waals surface area contributed by atoms with Gasteiger partial charge in [-0.25, -0.2) is 0 Å². The van der Waals surface area contributed by atoms with Gasteiger partial charge in [-0.1, -0.05) is 203 Å². The van der Waals surface area contributed by atoms with Gasteiger partial charge in [0.1, 0.15) is 0 Å².